The van der Waals surface area contributed by atoms with E-state index < -0.39 is 12.0 Å². The quantitative estimate of drug-likeness (QED) is 0.565. The van der Waals surface area contributed by atoms with Gasteiger partial charge in [-0.15, -0.1) is 0 Å². The molecule has 0 bridgehead atoms. The Morgan fingerprint density at radius 1 is 1.56 bits per heavy atom. The van der Waals surface area contributed by atoms with Crippen LogP contribution in [0.25, 0.3) is 0 Å². The second-order valence-corrected chi connectivity index (χ2v) is 4.53. The summed E-state index contributed by atoms with van der Waals surface area (Å²) in [6, 6.07) is -0.884. The van der Waals surface area contributed by atoms with Crippen molar-refractivity contribution in [2.75, 3.05) is 26.3 Å². The molecule has 0 aliphatic carbocycles. The number of morpholine rings is 1. The summed E-state index contributed by atoms with van der Waals surface area (Å²) in [5.41, 5.74) is 0. The molecule has 0 spiro atoms. The van der Waals surface area contributed by atoms with E-state index in [0.29, 0.717) is 13.2 Å². The summed E-state index contributed by atoms with van der Waals surface area (Å²) in [6.07, 6.45) is -0.298. The number of carbonyl (C=O) groups is 2. The molecule has 1 aliphatic heterocycles. The van der Waals surface area contributed by atoms with Gasteiger partial charge in [-0.05, 0) is 6.92 Å². The van der Waals surface area contributed by atoms with Crippen LogP contribution in [0, 0.1) is 0 Å². The summed E-state index contributed by atoms with van der Waals surface area (Å²) in [6.45, 7) is 4.21. The Hall–Kier alpha value is -1.18. The molecule has 7 heteroatoms. The molecule has 1 rings (SSSR count). The number of carboxylic acid groups (broad SMARTS) is 1. The van der Waals surface area contributed by atoms with Crippen molar-refractivity contribution in [1.82, 2.24) is 10.2 Å². The maximum Gasteiger partial charge on any atom is 0.327 e. The van der Waals surface area contributed by atoms with Gasteiger partial charge in [0.25, 0.3) is 0 Å². The number of aliphatic hydroxyl groups is 1. The smallest absolute Gasteiger partial charge is 0.327 e. The van der Waals surface area contributed by atoms with Crippen LogP contribution in [0.3, 0.4) is 0 Å². The summed E-state index contributed by atoms with van der Waals surface area (Å²) < 4.78 is 5.37. The van der Waals surface area contributed by atoms with Crippen LogP contribution in [0.2, 0.25) is 0 Å². The van der Waals surface area contributed by atoms with E-state index in [0.717, 1.165) is 0 Å². The van der Waals surface area contributed by atoms with Gasteiger partial charge in [0, 0.05) is 26.1 Å². The first-order chi connectivity index (χ1) is 8.43. The minimum Gasteiger partial charge on any atom is -0.480 e. The number of rotatable bonds is 5. The number of nitrogens with one attached hydrogen (secondary N) is 1. The van der Waals surface area contributed by atoms with E-state index in [4.69, 9.17) is 14.9 Å². The lowest BCUT2D eigenvalue weighted by molar-refractivity contribution is -0.143. The van der Waals surface area contributed by atoms with Crippen molar-refractivity contribution in [3.8, 4) is 0 Å². The van der Waals surface area contributed by atoms with Crippen molar-refractivity contribution in [3.05, 3.63) is 0 Å². The minimum atomic E-state index is -1.07. The Morgan fingerprint density at radius 2 is 2.22 bits per heavy atom. The normalized spacial score (nSPS) is 26.6. The fraction of sp³-hybridized carbons (Fsp3) is 0.818. The average Bonchev–Trinajstić information content (AvgIpc) is 2.30. The number of amides is 1. The van der Waals surface area contributed by atoms with E-state index in [1.54, 1.807) is 0 Å². The fourth-order valence-corrected chi connectivity index (χ4v) is 1.91. The molecule has 1 fully saturated rings. The lowest BCUT2D eigenvalue weighted by Gasteiger charge is -2.38. The van der Waals surface area contributed by atoms with Gasteiger partial charge in [0.05, 0.1) is 19.3 Å². The molecule has 3 atom stereocenters. The van der Waals surface area contributed by atoms with Gasteiger partial charge in [0.15, 0.2) is 0 Å². The molecule has 0 radical (unpaired) electrons. The summed E-state index contributed by atoms with van der Waals surface area (Å²) in [5, 5.41) is 20.5. The Morgan fingerprint density at radius 3 is 2.72 bits per heavy atom. The number of carbonyl (C=O) groups excluding carboxylic acids is 1. The van der Waals surface area contributed by atoms with Crippen LogP contribution < -0.4 is 5.32 Å². The zero-order valence-electron chi connectivity index (χ0n) is 10.6. The van der Waals surface area contributed by atoms with Gasteiger partial charge >= 0.3 is 5.97 Å². The molecule has 1 amide bonds. The lowest BCUT2D eigenvalue weighted by atomic mass is 10.1. The molecule has 18 heavy (non-hydrogen) atoms. The van der Waals surface area contributed by atoms with Gasteiger partial charge in [-0.3, -0.25) is 9.69 Å². The second-order valence-electron chi connectivity index (χ2n) is 4.53. The maximum atomic E-state index is 11.0. The Labute approximate surface area is 106 Å². The molecular weight excluding hydrogens is 240 g/mol. The molecule has 7 nitrogen and oxygen atoms in total. The largest absolute Gasteiger partial charge is 0.480 e. The van der Waals surface area contributed by atoms with Crippen LogP contribution in [0.4, 0.5) is 0 Å². The van der Waals surface area contributed by atoms with Crippen LogP contribution in [0.5, 0.6) is 0 Å². The number of aliphatic hydroxyl groups excluding tert-OH is 1. The zero-order valence-corrected chi connectivity index (χ0v) is 10.6. The molecule has 3 N–H and O–H groups in total. The van der Waals surface area contributed by atoms with Crippen LogP contribution in [-0.2, 0) is 14.3 Å². The molecule has 0 aromatic rings. The van der Waals surface area contributed by atoms with Crippen LogP contribution in [-0.4, -0.2) is 71.5 Å². The SMILES string of the molecule is CC(=O)NC(CN1CC(CO)OCC1C)C(=O)O. The third-order valence-corrected chi connectivity index (χ3v) is 2.93. The van der Waals surface area contributed by atoms with Gasteiger partial charge in [0.2, 0.25) is 5.91 Å². The summed E-state index contributed by atoms with van der Waals surface area (Å²) in [4.78, 5) is 23.9. The van der Waals surface area contributed by atoms with E-state index in [9.17, 15) is 9.59 Å². The molecular formula is C11H20N2O5. The van der Waals surface area contributed by atoms with Crippen molar-refractivity contribution in [1.29, 1.82) is 0 Å². The Bertz CT molecular complexity index is 310. The van der Waals surface area contributed by atoms with Gasteiger partial charge < -0.3 is 20.3 Å². The van der Waals surface area contributed by atoms with Gasteiger partial charge in [-0.2, -0.15) is 0 Å². The molecule has 0 aromatic carbocycles. The molecule has 3 unspecified atom stereocenters. The highest BCUT2D eigenvalue weighted by atomic mass is 16.5. The molecule has 1 heterocycles. The summed E-state index contributed by atoms with van der Waals surface area (Å²) in [7, 11) is 0. The Balaban J connectivity index is 2.60. The van der Waals surface area contributed by atoms with Gasteiger partial charge in [0.1, 0.15) is 6.04 Å². The third-order valence-electron chi connectivity index (χ3n) is 2.93. The highest BCUT2D eigenvalue weighted by molar-refractivity contribution is 5.82. The molecule has 1 aliphatic rings. The van der Waals surface area contributed by atoms with E-state index in [-0.39, 0.29) is 31.2 Å². The van der Waals surface area contributed by atoms with Crippen molar-refractivity contribution in [3.63, 3.8) is 0 Å². The number of carboxylic acids is 1. The minimum absolute atomic E-state index is 0.0587. The van der Waals surface area contributed by atoms with Gasteiger partial charge in [-0.25, -0.2) is 4.79 Å². The number of nitrogens with zero attached hydrogens (tertiary/aromatic N) is 1. The average molecular weight is 260 g/mol. The van der Waals surface area contributed by atoms with E-state index in [2.05, 4.69) is 5.32 Å². The summed E-state index contributed by atoms with van der Waals surface area (Å²) in [5.74, 6) is -1.44. The number of hydrogen-bond acceptors (Lipinski definition) is 5. The van der Waals surface area contributed by atoms with E-state index in [1.165, 1.54) is 6.92 Å². The second kappa shape index (κ2) is 6.67. The topological polar surface area (TPSA) is 99.1 Å². The fourth-order valence-electron chi connectivity index (χ4n) is 1.91. The van der Waals surface area contributed by atoms with Crippen molar-refractivity contribution >= 4 is 11.9 Å². The monoisotopic (exact) mass is 260 g/mol. The predicted molar refractivity (Wildman–Crippen MR) is 63.1 cm³/mol. The number of ether oxygens (including phenoxy) is 1. The molecule has 0 saturated carbocycles. The first-order valence-electron chi connectivity index (χ1n) is 5.90. The van der Waals surface area contributed by atoms with Crippen molar-refractivity contribution < 1.29 is 24.5 Å². The number of hydrogen-bond donors (Lipinski definition) is 3. The maximum absolute atomic E-state index is 11.0. The van der Waals surface area contributed by atoms with Crippen molar-refractivity contribution in [2.24, 2.45) is 0 Å². The summed E-state index contributed by atoms with van der Waals surface area (Å²) >= 11 is 0. The van der Waals surface area contributed by atoms with Crippen LogP contribution >= 0.6 is 0 Å². The first-order valence-corrected chi connectivity index (χ1v) is 5.90. The third kappa shape index (κ3) is 4.25. The Kier molecular flexibility index (Phi) is 5.52. The first kappa shape index (κ1) is 14.9. The highest BCUT2D eigenvalue weighted by Gasteiger charge is 2.30. The highest BCUT2D eigenvalue weighted by Crippen LogP contribution is 2.12. The molecule has 104 valence electrons. The van der Waals surface area contributed by atoms with Crippen LogP contribution in [0.15, 0.2) is 0 Å². The standard InChI is InChI=1S/C11H20N2O5/c1-7-6-18-9(5-14)3-13(7)4-10(11(16)17)12-8(2)15/h7,9-10,14H,3-6H2,1-2H3,(H,12,15)(H,16,17). The van der Waals surface area contributed by atoms with Crippen LogP contribution in [0.1, 0.15) is 13.8 Å². The van der Waals surface area contributed by atoms with E-state index in [1.807, 2.05) is 11.8 Å². The van der Waals surface area contributed by atoms with E-state index >= 15 is 0 Å². The van der Waals surface area contributed by atoms with Crippen molar-refractivity contribution in [2.45, 2.75) is 32.0 Å². The zero-order chi connectivity index (χ0) is 13.7. The predicted octanol–water partition coefficient (Wildman–Crippen LogP) is -1.34. The lowest BCUT2D eigenvalue weighted by Crippen LogP contribution is -2.56. The molecule has 1 saturated heterocycles. The number of aliphatic carboxylic acids is 1. The molecule has 0 aromatic heterocycles. The van der Waals surface area contributed by atoms with Gasteiger partial charge in [-0.1, -0.05) is 0 Å².